The first-order valence-electron chi connectivity index (χ1n) is 5.05. The fraction of sp³-hybridized carbons (Fsp3) is 0.417. The zero-order valence-corrected chi connectivity index (χ0v) is 9.30. The number of rotatable bonds is 5. The van der Waals surface area contributed by atoms with Crippen LogP contribution in [0.25, 0.3) is 0 Å². The van der Waals surface area contributed by atoms with Crippen molar-refractivity contribution < 1.29 is 18.3 Å². The van der Waals surface area contributed by atoms with Crippen molar-refractivity contribution in [2.45, 2.75) is 25.9 Å². The highest BCUT2D eigenvalue weighted by atomic mass is 19.1. The summed E-state index contributed by atoms with van der Waals surface area (Å²) in [5.74, 6) is -1.82. The van der Waals surface area contributed by atoms with Crippen molar-refractivity contribution in [3.8, 4) is 0 Å². The zero-order valence-electron chi connectivity index (χ0n) is 9.30. The molecule has 0 saturated carbocycles. The highest BCUT2D eigenvalue weighted by Gasteiger charge is 2.13. The molecule has 16 heavy (non-hydrogen) atoms. The van der Waals surface area contributed by atoms with Gasteiger partial charge in [-0.05, 0) is 25.5 Å². The second kappa shape index (κ2) is 5.70. The van der Waals surface area contributed by atoms with Crippen LogP contribution in [-0.4, -0.2) is 19.0 Å². The smallest absolute Gasteiger partial charge is 0.165 e. The third kappa shape index (κ3) is 3.38. The van der Waals surface area contributed by atoms with E-state index in [1.165, 1.54) is 6.07 Å². The molecule has 0 aromatic heterocycles. The third-order valence-electron chi connectivity index (χ3n) is 2.41. The Morgan fingerprint density at radius 2 is 2.12 bits per heavy atom. The Labute approximate surface area is 93.2 Å². The van der Waals surface area contributed by atoms with Gasteiger partial charge in [-0.1, -0.05) is 0 Å². The quantitative estimate of drug-likeness (QED) is 0.724. The molecule has 0 bridgehead atoms. The lowest BCUT2D eigenvalue weighted by Gasteiger charge is -2.08. The first-order valence-corrected chi connectivity index (χ1v) is 5.05. The Kier molecular flexibility index (Phi) is 4.55. The lowest BCUT2D eigenvalue weighted by Crippen LogP contribution is -2.09. The second-order valence-corrected chi connectivity index (χ2v) is 3.63. The van der Waals surface area contributed by atoms with Crippen molar-refractivity contribution >= 4 is 5.78 Å². The number of hydrogen-bond acceptors (Lipinski definition) is 2. The first kappa shape index (κ1) is 12.8. The van der Waals surface area contributed by atoms with Crippen LogP contribution in [0.15, 0.2) is 18.2 Å². The minimum absolute atomic E-state index is 0.0486. The molecule has 0 radical (unpaired) electrons. The molecule has 88 valence electrons. The summed E-state index contributed by atoms with van der Waals surface area (Å²) in [6.45, 7) is 1.83. The molecule has 1 aromatic rings. The van der Waals surface area contributed by atoms with Crippen LogP contribution < -0.4 is 0 Å². The molecule has 0 amide bonds. The summed E-state index contributed by atoms with van der Waals surface area (Å²) in [6, 6.07) is 2.97. The number of halogens is 2. The van der Waals surface area contributed by atoms with Gasteiger partial charge in [0.15, 0.2) is 5.78 Å². The lowest BCUT2D eigenvalue weighted by atomic mass is 10.0. The molecule has 0 N–H and O–H groups in total. The highest BCUT2D eigenvalue weighted by molar-refractivity contribution is 5.96. The average Bonchev–Trinajstić information content (AvgIpc) is 2.25. The molecule has 0 aliphatic heterocycles. The summed E-state index contributed by atoms with van der Waals surface area (Å²) < 4.78 is 30.8. The Hall–Kier alpha value is -1.29. The third-order valence-corrected chi connectivity index (χ3v) is 2.41. The van der Waals surface area contributed by atoms with Crippen LogP contribution in [0, 0.1) is 11.6 Å². The number of carbonyl (C=O) groups is 1. The molecule has 2 nitrogen and oxygen atoms in total. The van der Waals surface area contributed by atoms with Crippen LogP contribution in [0.3, 0.4) is 0 Å². The van der Waals surface area contributed by atoms with Crippen molar-refractivity contribution in [3.63, 3.8) is 0 Å². The van der Waals surface area contributed by atoms with Gasteiger partial charge in [-0.15, -0.1) is 0 Å². The van der Waals surface area contributed by atoms with E-state index in [4.69, 9.17) is 4.74 Å². The average molecular weight is 228 g/mol. The normalized spacial score (nSPS) is 12.5. The van der Waals surface area contributed by atoms with Gasteiger partial charge in [-0.2, -0.15) is 0 Å². The van der Waals surface area contributed by atoms with E-state index in [0.717, 1.165) is 6.07 Å². The second-order valence-electron chi connectivity index (χ2n) is 3.63. The number of ketones is 1. The van der Waals surface area contributed by atoms with Gasteiger partial charge in [0.05, 0.1) is 11.7 Å². The molecule has 0 aliphatic rings. The van der Waals surface area contributed by atoms with Crippen molar-refractivity contribution in [1.82, 2.24) is 0 Å². The minimum Gasteiger partial charge on any atom is -0.382 e. The fourth-order valence-electron chi connectivity index (χ4n) is 1.30. The summed E-state index contributed by atoms with van der Waals surface area (Å²) in [7, 11) is 1.55. The highest BCUT2D eigenvalue weighted by Crippen LogP contribution is 2.13. The van der Waals surface area contributed by atoms with E-state index < -0.39 is 11.6 Å². The van der Waals surface area contributed by atoms with Crippen LogP contribution in [0.1, 0.15) is 30.1 Å². The summed E-state index contributed by atoms with van der Waals surface area (Å²) in [5, 5.41) is 0. The maximum Gasteiger partial charge on any atom is 0.165 e. The summed E-state index contributed by atoms with van der Waals surface area (Å²) in [5.41, 5.74) is -0.0651. The number of carbonyl (C=O) groups excluding carboxylic acids is 1. The maximum absolute atomic E-state index is 13.2. The van der Waals surface area contributed by atoms with E-state index in [0.29, 0.717) is 12.5 Å². The van der Waals surface area contributed by atoms with Crippen LogP contribution in [0.5, 0.6) is 0 Å². The van der Waals surface area contributed by atoms with Gasteiger partial charge in [-0.3, -0.25) is 4.79 Å². The molecule has 0 saturated heterocycles. The topological polar surface area (TPSA) is 26.3 Å². The Morgan fingerprint density at radius 1 is 1.44 bits per heavy atom. The number of methoxy groups -OCH3 is 1. The molecule has 1 atom stereocenters. The van der Waals surface area contributed by atoms with Gasteiger partial charge >= 0.3 is 0 Å². The Bertz CT molecular complexity index is 377. The number of ether oxygens (including phenoxy) is 1. The predicted octanol–water partition coefficient (Wildman–Crippen LogP) is 2.96. The van der Waals surface area contributed by atoms with Crippen molar-refractivity contribution in [2.75, 3.05) is 7.11 Å². The first-order chi connectivity index (χ1) is 7.54. The van der Waals surface area contributed by atoms with Crippen molar-refractivity contribution in [1.29, 1.82) is 0 Å². The van der Waals surface area contributed by atoms with Crippen molar-refractivity contribution in [2.24, 2.45) is 0 Å². The van der Waals surface area contributed by atoms with Crippen LogP contribution in [0.2, 0.25) is 0 Å². The molecule has 0 fully saturated rings. The largest absolute Gasteiger partial charge is 0.382 e. The van der Waals surface area contributed by atoms with E-state index >= 15 is 0 Å². The van der Waals surface area contributed by atoms with E-state index in [2.05, 4.69) is 0 Å². The molecule has 1 aromatic carbocycles. The molecule has 0 spiro atoms. The van der Waals surface area contributed by atoms with Crippen LogP contribution >= 0.6 is 0 Å². The van der Waals surface area contributed by atoms with E-state index in [1.54, 1.807) is 7.11 Å². The van der Waals surface area contributed by atoms with Gasteiger partial charge < -0.3 is 4.74 Å². The van der Waals surface area contributed by atoms with Gasteiger partial charge in [-0.25, -0.2) is 8.78 Å². The summed E-state index contributed by atoms with van der Waals surface area (Å²) in [4.78, 5) is 11.6. The molecule has 0 heterocycles. The summed E-state index contributed by atoms with van der Waals surface area (Å²) in [6.07, 6.45) is 0.663. The van der Waals surface area contributed by atoms with E-state index in [9.17, 15) is 13.6 Å². The van der Waals surface area contributed by atoms with Gasteiger partial charge in [0, 0.05) is 19.6 Å². The monoisotopic (exact) mass is 228 g/mol. The molecule has 4 heteroatoms. The van der Waals surface area contributed by atoms with Crippen LogP contribution in [0.4, 0.5) is 8.78 Å². The standard InChI is InChI=1S/C12H14F2O2/c1-8(16-2)3-6-12(15)10-5-4-9(13)7-11(10)14/h4-5,7-8H,3,6H2,1-2H3. The van der Waals surface area contributed by atoms with Gasteiger partial charge in [0.2, 0.25) is 0 Å². The minimum atomic E-state index is -0.810. The van der Waals surface area contributed by atoms with Crippen LogP contribution in [-0.2, 0) is 4.74 Å². The SMILES string of the molecule is COC(C)CCC(=O)c1ccc(F)cc1F. The zero-order chi connectivity index (χ0) is 12.1. The Morgan fingerprint density at radius 3 is 2.69 bits per heavy atom. The fourth-order valence-corrected chi connectivity index (χ4v) is 1.30. The Balaban J connectivity index is 2.66. The van der Waals surface area contributed by atoms with E-state index in [1.807, 2.05) is 6.92 Å². The van der Waals surface area contributed by atoms with Crippen molar-refractivity contribution in [3.05, 3.63) is 35.4 Å². The van der Waals surface area contributed by atoms with Gasteiger partial charge in [0.1, 0.15) is 11.6 Å². The number of hydrogen-bond donors (Lipinski definition) is 0. The van der Waals surface area contributed by atoms with Gasteiger partial charge in [0.25, 0.3) is 0 Å². The maximum atomic E-state index is 13.2. The number of benzene rings is 1. The number of Topliss-reactive ketones (excluding diaryl/α,β-unsaturated/α-hetero) is 1. The van der Waals surface area contributed by atoms with E-state index in [-0.39, 0.29) is 23.9 Å². The summed E-state index contributed by atoms with van der Waals surface area (Å²) >= 11 is 0. The molecule has 1 unspecified atom stereocenters. The molecular formula is C12H14F2O2. The lowest BCUT2D eigenvalue weighted by molar-refractivity contribution is 0.0874. The molecule has 0 aliphatic carbocycles. The molecule has 1 rings (SSSR count). The predicted molar refractivity (Wildman–Crippen MR) is 56.4 cm³/mol. The molecular weight excluding hydrogens is 214 g/mol.